The van der Waals surface area contributed by atoms with Crippen LogP contribution in [0.2, 0.25) is 0 Å². The Bertz CT molecular complexity index is 564. The number of rotatable bonds is 5. The molecule has 1 atom stereocenters. The van der Waals surface area contributed by atoms with Gasteiger partial charge >= 0.3 is 0 Å². The van der Waals surface area contributed by atoms with Crippen LogP contribution in [0.5, 0.6) is 5.75 Å². The molecule has 1 aliphatic heterocycles. The number of carbonyl (C=O) groups excluding carboxylic acids is 2. The summed E-state index contributed by atoms with van der Waals surface area (Å²) in [6.07, 6.45) is 6.13. The summed E-state index contributed by atoms with van der Waals surface area (Å²) in [5, 5.41) is 3.39. The number of nitrogens with zero attached hydrogens (tertiary/aromatic N) is 1. The van der Waals surface area contributed by atoms with Gasteiger partial charge in [-0.25, -0.2) is 4.90 Å². The molecule has 0 radical (unpaired) electrons. The molecule has 23 heavy (non-hydrogen) atoms. The van der Waals surface area contributed by atoms with Gasteiger partial charge in [-0.1, -0.05) is 19.3 Å². The Labute approximate surface area is 137 Å². The molecule has 5 nitrogen and oxygen atoms in total. The highest BCUT2D eigenvalue weighted by atomic mass is 16.5. The van der Waals surface area contributed by atoms with Gasteiger partial charge in [-0.15, -0.1) is 0 Å². The largest absolute Gasteiger partial charge is 0.494 e. The third-order valence-corrected chi connectivity index (χ3v) is 4.59. The van der Waals surface area contributed by atoms with Crippen molar-refractivity contribution >= 4 is 17.5 Å². The van der Waals surface area contributed by atoms with Crippen LogP contribution in [0.15, 0.2) is 24.3 Å². The summed E-state index contributed by atoms with van der Waals surface area (Å²) in [6, 6.07) is 7.11. The number of hydrogen-bond donors (Lipinski definition) is 1. The van der Waals surface area contributed by atoms with E-state index in [9.17, 15) is 9.59 Å². The average Bonchev–Trinajstić information content (AvgIpc) is 2.84. The van der Waals surface area contributed by atoms with Gasteiger partial charge in [0.05, 0.1) is 24.8 Å². The molecule has 3 rings (SSSR count). The van der Waals surface area contributed by atoms with E-state index in [4.69, 9.17) is 4.74 Å². The number of carbonyl (C=O) groups is 2. The lowest BCUT2D eigenvalue weighted by Crippen LogP contribution is -2.44. The molecule has 0 bridgehead atoms. The first-order chi connectivity index (χ1) is 11.2. The van der Waals surface area contributed by atoms with Gasteiger partial charge in [0.2, 0.25) is 5.91 Å². The molecule has 2 aliphatic rings. The summed E-state index contributed by atoms with van der Waals surface area (Å²) in [6.45, 7) is 2.51. The van der Waals surface area contributed by atoms with E-state index >= 15 is 0 Å². The van der Waals surface area contributed by atoms with Gasteiger partial charge in [0, 0.05) is 6.04 Å². The van der Waals surface area contributed by atoms with Crippen LogP contribution < -0.4 is 15.0 Å². The topological polar surface area (TPSA) is 58.6 Å². The van der Waals surface area contributed by atoms with Gasteiger partial charge in [-0.2, -0.15) is 0 Å². The van der Waals surface area contributed by atoms with Crippen molar-refractivity contribution in [2.45, 2.75) is 57.5 Å². The van der Waals surface area contributed by atoms with Crippen LogP contribution in [0.4, 0.5) is 5.69 Å². The molecular weight excluding hydrogens is 292 g/mol. The second-order valence-corrected chi connectivity index (χ2v) is 6.25. The minimum absolute atomic E-state index is 0.132. The van der Waals surface area contributed by atoms with Crippen LogP contribution in [0.25, 0.3) is 0 Å². The zero-order chi connectivity index (χ0) is 16.2. The summed E-state index contributed by atoms with van der Waals surface area (Å²) in [7, 11) is 0. The number of benzene rings is 1. The van der Waals surface area contributed by atoms with Crippen LogP contribution in [0.3, 0.4) is 0 Å². The van der Waals surface area contributed by atoms with E-state index in [1.165, 1.54) is 24.2 Å². The predicted molar refractivity (Wildman–Crippen MR) is 88.5 cm³/mol. The first-order valence-corrected chi connectivity index (χ1v) is 8.54. The van der Waals surface area contributed by atoms with Crippen molar-refractivity contribution in [1.82, 2.24) is 5.32 Å². The monoisotopic (exact) mass is 316 g/mol. The normalized spacial score (nSPS) is 22.7. The van der Waals surface area contributed by atoms with Crippen LogP contribution in [0.1, 0.15) is 45.4 Å². The quantitative estimate of drug-likeness (QED) is 0.849. The summed E-state index contributed by atoms with van der Waals surface area (Å²) in [4.78, 5) is 26.2. The molecule has 1 saturated carbocycles. The van der Waals surface area contributed by atoms with Crippen molar-refractivity contribution in [1.29, 1.82) is 0 Å². The summed E-state index contributed by atoms with van der Waals surface area (Å²) >= 11 is 0. The fraction of sp³-hybridized carbons (Fsp3) is 0.556. The van der Waals surface area contributed by atoms with Crippen molar-refractivity contribution in [2.24, 2.45) is 0 Å². The maximum atomic E-state index is 12.6. The summed E-state index contributed by atoms with van der Waals surface area (Å²) < 4.78 is 5.40. The minimum atomic E-state index is -0.378. The number of anilines is 1. The van der Waals surface area contributed by atoms with Crippen LogP contribution >= 0.6 is 0 Å². The maximum Gasteiger partial charge on any atom is 0.251 e. The Hall–Kier alpha value is -1.88. The van der Waals surface area contributed by atoms with E-state index < -0.39 is 0 Å². The SMILES string of the molecule is CCOc1ccc(N2C(=O)C[C@@H](NC3CCCCC3)C2=O)cc1. The first-order valence-electron chi connectivity index (χ1n) is 8.54. The predicted octanol–water partition coefficient (Wildman–Crippen LogP) is 2.64. The Morgan fingerprint density at radius 2 is 1.83 bits per heavy atom. The Kier molecular flexibility index (Phi) is 4.96. The Morgan fingerprint density at radius 3 is 2.48 bits per heavy atom. The van der Waals surface area contributed by atoms with E-state index in [1.807, 2.05) is 6.92 Å². The fourth-order valence-electron chi connectivity index (χ4n) is 3.45. The van der Waals surface area contributed by atoms with Gasteiger partial charge < -0.3 is 10.1 Å². The standard InChI is InChI=1S/C18H24N2O3/c1-2-23-15-10-8-14(9-11-15)20-17(21)12-16(18(20)22)19-13-6-4-3-5-7-13/h8-11,13,16,19H,2-7,12H2,1H3/t16-/m1/s1. The van der Waals surface area contributed by atoms with Gasteiger partial charge in [0.1, 0.15) is 5.75 Å². The minimum Gasteiger partial charge on any atom is -0.494 e. The van der Waals surface area contributed by atoms with Crippen molar-refractivity contribution in [2.75, 3.05) is 11.5 Å². The molecule has 1 heterocycles. The molecule has 1 aromatic carbocycles. The molecule has 1 saturated heterocycles. The fourth-order valence-corrected chi connectivity index (χ4v) is 3.45. The number of amides is 2. The molecule has 124 valence electrons. The summed E-state index contributed by atoms with van der Waals surface area (Å²) in [5.41, 5.74) is 0.622. The third-order valence-electron chi connectivity index (χ3n) is 4.59. The lowest BCUT2D eigenvalue weighted by molar-refractivity contribution is -0.121. The molecule has 5 heteroatoms. The van der Waals surface area contributed by atoms with E-state index in [0.717, 1.165) is 18.6 Å². The molecule has 0 aromatic heterocycles. The zero-order valence-corrected chi connectivity index (χ0v) is 13.6. The number of hydrogen-bond acceptors (Lipinski definition) is 4. The second kappa shape index (κ2) is 7.13. The van der Waals surface area contributed by atoms with Crippen molar-refractivity contribution in [3.05, 3.63) is 24.3 Å². The number of ether oxygens (including phenoxy) is 1. The van der Waals surface area contributed by atoms with Crippen LogP contribution in [-0.4, -0.2) is 30.5 Å². The molecule has 1 aromatic rings. The van der Waals surface area contributed by atoms with E-state index in [-0.39, 0.29) is 24.3 Å². The molecule has 1 N–H and O–H groups in total. The van der Waals surface area contributed by atoms with E-state index in [1.54, 1.807) is 24.3 Å². The maximum absolute atomic E-state index is 12.6. The van der Waals surface area contributed by atoms with Crippen molar-refractivity contribution in [3.8, 4) is 5.75 Å². The summed E-state index contributed by atoms with van der Waals surface area (Å²) in [5.74, 6) is 0.476. The Morgan fingerprint density at radius 1 is 1.13 bits per heavy atom. The first kappa shape index (κ1) is 16.0. The van der Waals surface area contributed by atoms with Crippen LogP contribution in [-0.2, 0) is 9.59 Å². The lowest BCUT2D eigenvalue weighted by Gasteiger charge is -2.25. The molecule has 0 unspecified atom stereocenters. The number of imide groups is 1. The third kappa shape index (κ3) is 3.55. The van der Waals surface area contributed by atoms with Gasteiger partial charge in [-0.3, -0.25) is 9.59 Å². The highest BCUT2D eigenvalue weighted by molar-refractivity contribution is 6.22. The van der Waals surface area contributed by atoms with Gasteiger partial charge in [0.25, 0.3) is 5.91 Å². The Balaban J connectivity index is 1.68. The lowest BCUT2D eigenvalue weighted by atomic mass is 9.95. The van der Waals surface area contributed by atoms with E-state index in [0.29, 0.717) is 18.3 Å². The van der Waals surface area contributed by atoms with Crippen molar-refractivity contribution in [3.63, 3.8) is 0 Å². The highest BCUT2D eigenvalue weighted by Gasteiger charge is 2.40. The second-order valence-electron chi connectivity index (χ2n) is 6.25. The van der Waals surface area contributed by atoms with Gasteiger partial charge in [-0.05, 0) is 44.0 Å². The number of nitrogens with one attached hydrogen (secondary N) is 1. The average molecular weight is 316 g/mol. The molecular formula is C18H24N2O3. The molecule has 2 amide bonds. The van der Waals surface area contributed by atoms with Gasteiger partial charge in [0.15, 0.2) is 0 Å². The van der Waals surface area contributed by atoms with Crippen LogP contribution in [0, 0.1) is 0 Å². The molecule has 0 spiro atoms. The smallest absolute Gasteiger partial charge is 0.251 e. The molecule has 1 aliphatic carbocycles. The van der Waals surface area contributed by atoms with Crippen molar-refractivity contribution < 1.29 is 14.3 Å². The van der Waals surface area contributed by atoms with E-state index in [2.05, 4.69) is 5.32 Å². The highest BCUT2D eigenvalue weighted by Crippen LogP contribution is 2.26. The zero-order valence-electron chi connectivity index (χ0n) is 13.6. The molecule has 2 fully saturated rings.